The standard InChI is InChI=1S/C8H14N2S2/c1-2-8(7-9)10-3-5-11-12-6-4-10/h8H,2-6H2,1H3. The molecule has 0 aromatic carbocycles. The summed E-state index contributed by atoms with van der Waals surface area (Å²) in [7, 11) is 3.85. The molecule has 68 valence electrons. The number of hydrogen-bond acceptors (Lipinski definition) is 4. The van der Waals surface area contributed by atoms with Gasteiger partial charge in [0.2, 0.25) is 0 Å². The third-order valence-corrected chi connectivity index (χ3v) is 4.35. The van der Waals surface area contributed by atoms with Crippen LogP contribution in [0.2, 0.25) is 0 Å². The molecule has 1 atom stereocenters. The van der Waals surface area contributed by atoms with Crippen LogP contribution in [0.1, 0.15) is 13.3 Å². The van der Waals surface area contributed by atoms with Crippen LogP contribution in [0.3, 0.4) is 0 Å². The maximum atomic E-state index is 8.86. The van der Waals surface area contributed by atoms with E-state index < -0.39 is 0 Å². The predicted octanol–water partition coefficient (Wildman–Crippen LogP) is 1.99. The quantitative estimate of drug-likeness (QED) is 0.640. The van der Waals surface area contributed by atoms with Gasteiger partial charge < -0.3 is 0 Å². The van der Waals surface area contributed by atoms with Crippen molar-refractivity contribution in [3.63, 3.8) is 0 Å². The molecule has 1 saturated heterocycles. The normalized spacial score (nSPS) is 22.7. The summed E-state index contributed by atoms with van der Waals surface area (Å²) in [5.41, 5.74) is 0. The minimum Gasteiger partial charge on any atom is -0.286 e. The van der Waals surface area contributed by atoms with E-state index in [1.165, 1.54) is 0 Å². The van der Waals surface area contributed by atoms with E-state index in [1.807, 2.05) is 21.6 Å². The molecule has 0 aliphatic carbocycles. The SMILES string of the molecule is CCC(C#N)N1CCSSCC1. The van der Waals surface area contributed by atoms with Crippen LogP contribution >= 0.6 is 21.6 Å². The molecule has 1 fully saturated rings. The van der Waals surface area contributed by atoms with Gasteiger partial charge in [0.25, 0.3) is 0 Å². The first kappa shape index (κ1) is 10.2. The molecule has 1 aliphatic heterocycles. The van der Waals surface area contributed by atoms with Crippen molar-refractivity contribution in [2.75, 3.05) is 24.6 Å². The first-order valence-corrected chi connectivity index (χ1v) is 6.75. The third-order valence-electron chi connectivity index (χ3n) is 1.98. The van der Waals surface area contributed by atoms with Crippen molar-refractivity contribution in [2.24, 2.45) is 0 Å². The molecule has 1 unspecified atom stereocenters. The Morgan fingerprint density at radius 1 is 1.42 bits per heavy atom. The van der Waals surface area contributed by atoms with Crippen LogP contribution in [-0.4, -0.2) is 35.5 Å². The van der Waals surface area contributed by atoms with Crippen molar-refractivity contribution in [1.82, 2.24) is 4.90 Å². The van der Waals surface area contributed by atoms with Gasteiger partial charge in [0.1, 0.15) is 0 Å². The summed E-state index contributed by atoms with van der Waals surface area (Å²) >= 11 is 0. The molecule has 0 N–H and O–H groups in total. The summed E-state index contributed by atoms with van der Waals surface area (Å²) in [6, 6.07) is 2.50. The molecule has 0 aromatic rings. The van der Waals surface area contributed by atoms with Gasteiger partial charge in [0.15, 0.2) is 0 Å². The van der Waals surface area contributed by atoms with Crippen molar-refractivity contribution in [1.29, 1.82) is 5.26 Å². The average Bonchev–Trinajstić information content (AvgIpc) is 2.35. The van der Waals surface area contributed by atoms with Gasteiger partial charge >= 0.3 is 0 Å². The third kappa shape index (κ3) is 2.89. The molecule has 0 saturated carbocycles. The number of nitriles is 1. The van der Waals surface area contributed by atoms with Crippen LogP contribution in [0.25, 0.3) is 0 Å². The summed E-state index contributed by atoms with van der Waals surface area (Å²) < 4.78 is 0. The van der Waals surface area contributed by atoms with Crippen molar-refractivity contribution in [3.05, 3.63) is 0 Å². The molecule has 2 nitrogen and oxygen atoms in total. The lowest BCUT2D eigenvalue weighted by molar-refractivity contribution is 0.259. The Labute approximate surface area is 82.1 Å². The second kappa shape index (κ2) is 5.74. The minimum atomic E-state index is 0.143. The Balaban J connectivity index is 2.42. The maximum Gasteiger partial charge on any atom is 0.0975 e. The highest BCUT2D eigenvalue weighted by atomic mass is 33.1. The van der Waals surface area contributed by atoms with Crippen LogP contribution in [0.15, 0.2) is 0 Å². The van der Waals surface area contributed by atoms with Crippen LogP contribution in [0.5, 0.6) is 0 Å². The van der Waals surface area contributed by atoms with Gasteiger partial charge in [-0.15, -0.1) is 0 Å². The van der Waals surface area contributed by atoms with Crippen LogP contribution in [0.4, 0.5) is 0 Å². The zero-order valence-electron chi connectivity index (χ0n) is 7.32. The second-order valence-electron chi connectivity index (χ2n) is 2.73. The van der Waals surface area contributed by atoms with E-state index in [4.69, 9.17) is 5.26 Å². The molecule has 12 heavy (non-hydrogen) atoms. The lowest BCUT2D eigenvalue weighted by atomic mass is 10.2. The van der Waals surface area contributed by atoms with Gasteiger partial charge in [-0.3, -0.25) is 4.90 Å². The summed E-state index contributed by atoms with van der Waals surface area (Å²) in [4.78, 5) is 2.30. The Hall–Kier alpha value is 0.150. The van der Waals surface area contributed by atoms with E-state index in [0.717, 1.165) is 31.0 Å². The molecular formula is C8H14N2S2. The fourth-order valence-electron chi connectivity index (χ4n) is 1.28. The van der Waals surface area contributed by atoms with Crippen LogP contribution < -0.4 is 0 Å². The Morgan fingerprint density at radius 2 is 2.00 bits per heavy atom. The van der Waals surface area contributed by atoms with Gasteiger partial charge in [-0.1, -0.05) is 28.5 Å². The molecule has 0 radical (unpaired) electrons. The summed E-state index contributed by atoms with van der Waals surface area (Å²) in [5.74, 6) is 2.31. The van der Waals surface area contributed by atoms with Crippen molar-refractivity contribution < 1.29 is 0 Å². The van der Waals surface area contributed by atoms with Gasteiger partial charge in [0.05, 0.1) is 12.1 Å². The molecule has 4 heteroatoms. The Bertz CT molecular complexity index is 159. The zero-order valence-corrected chi connectivity index (χ0v) is 8.96. The Kier molecular flexibility index (Phi) is 4.89. The van der Waals surface area contributed by atoms with Crippen molar-refractivity contribution >= 4 is 21.6 Å². The predicted molar refractivity (Wildman–Crippen MR) is 56.2 cm³/mol. The van der Waals surface area contributed by atoms with E-state index in [0.29, 0.717) is 0 Å². The van der Waals surface area contributed by atoms with Crippen molar-refractivity contribution in [3.8, 4) is 6.07 Å². The largest absolute Gasteiger partial charge is 0.286 e. The topological polar surface area (TPSA) is 27.0 Å². The molecular weight excluding hydrogens is 188 g/mol. The highest BCUT2D eigenvalue weighted by molar-refractivity contribution is 8.76. The number of hydrogen-bond donors (Lipinski definition) is 0. The summed E-state index contributed by atoms with van der Waals surface area (Å²) in [6.45, 7) is 4.23. The van der Waals surface area contributed by atoms with E-state index in [2.05, 4.69) is 17.9 Å². The van der Waals surface area contributed by atoms with Crippen molar-refractivity contribution in [2.45, 2.75) is 19.4 Å². The van der Waals surface area contributed by atoms with Gasteiger partial charge in [-0.25, -0.2) is 0 Å². The zero-order chi connectivity index (χ0) is 8.81. The molecule has 1 aliphatic rings. The van der Waals surface area contributed by atoms with E-state index in [-0.39, 0.29) is 6.04 Å². The first-order chi connectivity index (χ1) is 5.88. The van der Waals surface area contributed by atoms with Gasteiger partial charge in [-0.2, -0.15) is 5.26 Å². The number of rotatable bonds is 2. The molecule has 0 aromatic heterocycles. The second-order valence-corrected chi connectivity index (χ2v) is 5.44. The molecule has 1 heterocycles. The lowest BCUT2D eigenvalue weighted by Crippen LogP contribution is -2.36. The maximum absolute atomic E-state index is 8.86. The molecule has 0 bridgehead atoms. The minimum absolute atomic E-state index is 0.143. The fraction of sp³-hybridized carbons (Fsp3) is 0.875. The lowest BCUT2D eigenvalue weighted by Gasteiger charge is -2.23. The van der Waals surface area contributed by atoms with E-state index >= 15 is 0 Å². The van der Waals surface area contributed by atoms with E-state index in [9.17, 15) is 0 Å². The van der Waals surface area contributed by atoms with Gasteiger partial charge in [-0.05, 0) is 6.42 Å². The summed E-state index contributed by atoms with van der Waals surface area (Å²) in [6.07, 6.45) is 0.950. The smallest absolute Gasteiger partial charge is 0.0975 e. The Morgan fingerprint density at radius 3 is 2.42 bits per heavy atom. The van der Waals surface area contributed by atoms with Gasteiger partial charge in [0, 0.05) is 24.6 Å². The molecule has 0 spiro atoms. The highest BCUT2D eigenvalue weighted by Gasteiger charge is 2.17. The molecule has 1 rings (SSSR count). The average molecular weight is 202 g/mol. The monoisotopic (exact) mass is 202 g/mol. The van der Waals surface area contributed by atoms with Crippen LogP contribution in [0, 0.1) is 11.3 Å². The molecule has 0 amide bonds. The van der Waals surface area contributed by atoms with Crippen LogP contribution in [-0.2, 0) is 0 Å². The summed E-state index contributed by atoms with van der Waals surface area (Å²) in [5, 5.41) is 8.86. The fourth-order valence-corrected chi connectivity index (χ4v) is 3.29. The first-order valence-electron chi connectivity index (χ1n) is 4.26. The van der Waals surface area contributed by atoms with E-state index in [1.54, 1.807) is 0 Å². The highest BCUT2D eigenvalue weighted by Crippen LogP contribution is 2.24. The number of nitrogens with zero attached hydrogens (tertiary/aromatic N) is 2.